The molecule has 2 aromatic rings. The maximum absolute atomic E-state index is 12.5. The number of methoxy groups -OCH3 is 1. The van der Waals surface area contributed by atoms with Crippen molar-refractivity contribution in [3.05, 3.63) is 30.0 Å². The molecule has 4 rings (SSSR count). The molecule has 1 aromatic heterocycles. The lowest BCUT2D eigenvalue weighted by Crippen LogP contribution is -2.34. The number of rotatable bonds is 5. The number of aromatic nitrogens is 2. The van der Waals surface area contributed by atoms with Crippen molar-refractivity contribution in [1.82, 2.24) is 9.97 Å². The first-order valence-corrected chi connectivity index (χ1v) is 10.1. The van der Waals surface area contributed by atoms with Crippen LogP contribution in [0.15, 0.2) is 24.4 Å². The molecule has 0 bridgehead atoms. The van der Waals surface area contributed by atoms with Crippen LogP contribution in [-0.4, -0.2) is 48.5 Å². The number of ether oxygens (including phenoxy) is 1. The SMILES string of the molecule is COc1cc(C(N)=O)ccc1Nc1ncc2c(n1)N(C1CCCC1)CCC(=O)N2C. The third-order valence-electron chi connectivity index (χ3n) is 5.82. The van der Waals surface area contributed by atoms with E-state index in [1.807, 2.05) is 0 Å². The second-order valence-electron chi connectivity index (χ2n) is 7.64. The summed E-state index contributed by atoms with van der Waals surface area (Å²) in [7, 11) is 3.28. The molecule has 9 heteroatoms. The van der Waals surface area contributed by atoms with E-state index < -0.39 is 5.91 Å². The number of primary amides is 1. The number of fused-ring (bicyclic) bond motifs is 1. The molecule has 9 nitrogen and oxygen atoms in total. The lowest BCUT2D eigenvalue weighted by Gasteiger charge is -2.30. The Hall–Kier alpha value is -3.36. The third kappa shape index (κ3) is 3.74. The van der Waals surface area contributed by atoms with Crippen LogP contribution in [0, 0.1) is 0 Å². The van der Waals surface area contributed by atoms with Gasteiger partial charge in [0.25, 0.3) is 0 Å². The van der Waals surface area contributed by atoms with Crippen LogP contribution in [0.4, 0.5) is 23.1 Å². The number of nitrogens with one attached hydrogen (secondary N) is 1. The summed E-state index contributed by atoms with van der Waals surface area (Å²) in [6.07, 6.45) is 6.73. The number of carbonyl (C=O) groups excluding carboxylic acids is 2. The predicted octanol–water partition coefficient (Wildman–Crippen LogP) is 2.44. The highest BCUT2D eigenvalue weighted by Crippen LogP contribution is 2.36. The van der Waals surface area contributed by atoms with Crippen LogP contribution in [0.1, 0.15) is 42.5 Å². The molecule has 2 heterocycles. The molecule has 158 valence electrons. The Bertz CT molecular complexity index is 973. The number of anilines is 4. The molecule has 0 radical (unpaired) electrons. The number of amides is 2. The van der Waals surface area contributed by atoms with Crippen molar-refractivity contribution in [3.8, 4) is 5.75 Å². The van der Waals surface area contributed by atoms with Crippen molar-refractivity contribution < 1.29 is 14.3 Å². The van der Waals surface area contributed by atoms with Gasteiger partial charge in [0.15, 0.2) is 5.82 Å². The normalized spacial score (nSPS) is 16.9. The van der Waals surface area contributed by atoms with Crippen LogP contribution in [0.5, 0.6) is 5.75 Å². The average Bonchev–Trinajstić information content (AvgIpc) is 3.24. The van der Waals surface area contributed by atoms with Crippen LogP contribution < -0.4 is 25.6 Å². The summed E-state index contributed by atoms with van der Waals surface area (Å²) in [6.45, 7) is 0.647. The summed E-state index contributed by atoms with van der Waals surface area (Å²) >= 11 is 0. The fourth-order valence-electron chi connectivity index (χ4n) is 4.14. The Balaban J connectivity index is 1.70. The molecule has 2 aliphatic rings. The van der Waals surface area contributed by atoms with E-state index in [-0.39, 0.29) is 5.91 Å². The summed E-state index contributed by atoms with van der Waals surface area (Å²) in [5.74, 6) is 1.15. The first kappa shape index (κ1) is 19.9. The average molecular weight is 410 g/mol. The number of nitrogens with two attached hydrogens (primary N) is 1. The van der Waals surface area contributed by atoms with E-state index in [4.69, 9.17) is 15.5 Å². The molecular weight excluding hydrogens is 384 g/mol. The zero-order valence-electron chi connectivity index (χ0n) is 17.2. The van der Waals surface area contributed by atoms with Crippen LogP contribution in [0.25, 0.3) is 0 Å². The first-order chi connectivity index (χ1) is 14.5. The lowest BCUT2D eigenvalue weighted by molar-refractivity contribution is -0.118. The van der Waals surface area contributed by atoms with Gasteiger partial charge in [-0.1, -0.05) is 12.8 Å². The maximum Gasteiger partial charge on any atom is 0.248 e. The molecule has 30 heavy (non-hydrogen) atoms. The molecule has 0 spiro atoms. The Kier molecular flexibility index (Phi) is 5.43. The molecule has 0 atom stereocenters. The van der Waals surface area contributed by atoms with E-state index >= 15 is 0 Å². The van der Waals surface area contributed by atoms with Gasteiger partial charge in [0.2, 0.25) is 17.8 Å². The summed E-state index contributed by atoms with van der Waals surface area (Å²) in [5, 5.41) is 3.17. The fraction of sp³-hybridized carbons (Fsp3) is 0.429. The monoisotopic (exact) mass is 410 g/mol. The Morgan fingerprint density at radius 3 is 2.77 bits per heavy atom. The van der Waals surface area contributed by atoms with Gasteiger partial charge < -0.3 is 25.6 Å². The van der Waals surface area contributed by atoms with Gasteiger partial charge in [-0.15, -0.1) is 0 Å². The van der Waals surface area contributed by atoms with Gasteiger partial charge in [0, 0.05) is 31.6 Å². The van der Waals surface area contributed by atoms with Gasteiger partial charge >= 0.3 is 0 Å². The minimum atomic E-state index is -0.527. The van der Waals surface area contributed by atoms with Gasteiger partial charge in [-0.05, 0) is 31.0 Å². The smallest absolute Gasteiger partial charge is 0.248 e. The molecule has 1 aliphatic heterocycles. The standard InChI is InChI=1S/C21H26N6O3/c1-26-16-12-23-21(24-15-8-7-13(19(22)29)11-17(15)30-2)25-20(16)27(10-9-18(26)28)14-5-3-4-6-14/h7-8,11-12,14H,3-6,9-10H2,1-2H3,(H2,22,29)(H,23,24,25). The molecule has 1 saturated carbocycles. The molecular formula is C21H26N6O3. The quantitative estimate of drug-likeness (QED) is 0.778. The highest BCUT2D eigenvalue weighted by atomic mass is 16.5. The van der Waals surface area contributed by atoms with Gasteiger partial charge in [0.1, 0.15) is 11.4 Å². The predicted molar refractivity (Wildman–Crippen MR) is 114 cm³/mol. The number of hydrogen-bond acceptors (Lipinski definition) is 7. The third-order valence-corrected chi connectivity index (χ3v) is 5.82. The van der Waals surface area contributed by atoms with Gasteiger partial charge in [-0.2, -0.15) is 4.98 Å². The van der Waals surface area contributed by atoms with Crippen LogP contribution in [0.3, 0.4) is 0 Å². The molecule has 0 unspecified atom stereocenters. The molecule has 2 amide bonds. The van der Waals surface area contributed by atoms with Crippen molar-refractivity contribution in [1.29, 1.82) is 0 Å². The van der Waals surface area contributed by atoms with Crippen molar-refractivity contribution in [2.75, 3.05) is 35.8 Å². The van der Waals surface area contributed by atoms with E-state index in [0.717, 1.165) is 18.7 Å². The second-order valence-corrected chi connectivity index (χ2v) is 7.64. The largest absolute Gasteiger partial charge is 0.495 e. The lowest BCUT2D eigenvalue weighted by atomic mass is 10.2. The summed E-state index contributed by atoms with van der Waals surface area (Å²) < 4.78 is 5.39. The number of carbonyl (C=O) groups is 2. The number of benzene rings is 1. The molecule has 1 fully saturated rings. The van der Waals surface area contributed by atoms with Gasteiger partial charge in [-0.25, -0.2) is 4.98 Å². The molecule has 1 aliphatic carbocycles. The Morgan fingerprint density at radius 2 is 2.07 bits per heavy atom. The van der Waals surface area contributed by atoms with E-state index in [9.17, 15) is 9.59 Å². The second kappa shape index (κ2) is 8.17. The Labute approximate surface area is 175 Å². The summed E-state index contributed by atoms with van der Waals surface area (Å²) in [5.41, 5.74) is 7.04. The van der Waals surface area contributed by atoms with E-state index in [2.05, 4.69) is 15.2 Å². The number of nitrogens with zero attached hydrogens (tertiary/aromatic N) is 4. The van der Waals surface area contributed by atoms with E-state index in [0.29, 0.717) is 47.6 Å². The summed E-state index contributed by atoms with van der Waals surface area (Å²) in [6, 6.07) is 5.28. The minimum Gasteiger partial charge on any atom is -0.495 e. The minimum absolute atomic E-state index is 0.0600. The van der Waals surface area contributed by atoms with Crippen molar-refractivity contribution in [2.24, 2.45) is 5.73 Å². The first-order valence-electron chi connectivity index (χ1n) is 10.1. The zero-order chi connectivity index (χ0) is 21.3. The van der Waals surface area contributed by atoms with Crippen LogP contribution >= 0.6 is 0 Å². The highest BCUT2D eigenvalue weighted by Gasteiger charge is 2.31. The highest BCUT2D eigenvalue weighted by molar-refractivity contribution is 5.97. The van der Waals surface area contributed by atoms with Crippen molar-refractivity contribution in [3.63, 3.8) is 0 Å². The molecule has 0 saturated heterocycles. The zero-order valence-corrected chi connectivity index (χ0v) is 17.2. The maximum atomic E-state index is 12.5. The molecule has 1 aromatic carbocycles. The van der Waals surface area contributed by atoms with Crippen LogP contribution in [0.2, 0.25) is 0 Å². The van der Waals surface area contributed by atoms with Crippen molar-refractivity contribution in [2.45, 2.75) is 38.1 Å². The van der Waals surface area contributed by atoms with Crippen molar-refractivity contribution >= 4 is 35.0 Å². The van der Waals surface area contributed by atoms with E-state index in [1.165, 1.54) is 20.0 Å². The van der Waals surface area contributed by atoms with E-state index in [1.54, 1.807) is 36.3 Å². The van der Waals surface area contributed by atoms with Gasteiger partial charge in [-0.3, -0.25) is 9.59 Å². The number of hydrogen-bond donors (Lipinski definition) is 2. The fourth-order valence-corrected chi connectivity index (χ4v) is 4.14. The summed E-state index contributed by atoms with van der Waals surface area (Å²) in [4.78, 5) is 37.0. The van der Waals surface area contributed by atoms with Crippen LogP contribution in [-0.2, 0) is 4.79 Å². The topological polar surface area (TPSA) is 114 Å². The van der Waals surface area contributed by atoms with Gasteiger partial charge in [0.05, 0.1) is 19.0 Å². The Morgan fingerprint density at radius 1 is 1.30 bits per heavy atom. The molecule has 3 N–H and O–H groups in total.